The van der Waals surface area contributed by atoms with Crippen molar-refractivity contribution >= 4 is 34.8 Å². The summed E-state index contributed by atoms with van der Waals surface area (Å²) in [6.07, 6.45) is 0. The molecule has 0 atom stereocenters. The van der Waals surface area contributed by atoms with Gasteiger partial charge in [0.1, 0.15) is 18.2 Å². The van der Waals surface area contributed by atoms with E-state index >= 15 is 0 Å². The van der Waals surface area contributed by atoms with E-state index in [-0.39, 0.29) is 34.1 Å². The Balaban J connectivity index is 1.48. The van der Waals surface area contributed by atoms with E-state index in [2.05, 4.69) is 10.3 Å². The number of ether oxygens (including phenoxy) is 1. The summed E-state index contributed by atoms with van der Waals surface area (Å²) in [6.45, 7) is 1.43. The lowest BCUT2D eigenvalue weighted by molar-refractivity contribution is 0.0467. The third kappa shape index (κ3) is 4.52. The maximum atomic E-state index is 13.4. The maximum Gasteiger partial charge on any atom is 0.338 e. The number of nitrogens with zero attached hydrogens (tertiary/aromatic N) is 2. The van der Waals surface area contributed by atoms with Crippen LogP contribution in [0.4, 0.5) is 10.1 Å². The number of hydrogen-bond donors (Lipinski definition) is 1. The fourth-order valence-electron chi connectivity index (χ4n) is 2.94. The Labute approximate surface area is 185 Å². The summed E-state index contributed by atoms with van der Waals surface area (Å²) in [5.41, 5.74) is 0.467. The molecule has 0 fully saturated rings. The molecule has 0 radical (unpaired) electrons. The van der Waals surface area contributed by atoms with Gasteiger partial charge in [0.05, 0.1) is 22.0 Å². The van der Waals surface area contributed by atoms with Crippen LogP contribution in [-0.2, 0) is 11.3 Å². The minimum absolute atomic E-state index is 0.0938. The van der Waals surface area contributed by atoms with E-state index in [1.54, 1.807) is 13.0 Å². The van der Waals surface area contributed by atoms with Crippen molar-refractivity contribution in [1.29, 1.82) is 0 Å². The lowest BCUT2D eigenvalue weighted by atomic mass is 10.1. The number of carbonyl (C=O) groups is 2. The number of amides is 1. The van der Waals surface area contributed by atoms with Crippen LogP contribution in [0.25, 0.3) is 5.65 Å². The van der Waals surface area contributed by atoms with Gasteiger partial charge in [0.25, 0.3) is 11.5 Å². The van der Waals surface area contributed by atoms with Gasteiger partial charge in [-0.2, -0.15) is 0 Å². The van der Waals surface area contributed by atoms with Gasteiger partial charge in [-0.15, -0.1) is 4.57 Å². The highest BCUT2D eigenvalue weighted by atomic mass is 35.5. The first-order valence-corrected chi connectivity index (χ1v) is 9.71. The molecule has 0 unspecified atom stereocenters. The van der Waals surface area contributed by atoms with Gasteiger partial charge in [0, 0.05) is 17.7 Å². The second-order valence-electron chi connectivity index (χ2n) is 6.82. The van der Waals surface area contributed by atoms with Crippen molar-refractivity contribution in [3.63, 3.8) is 0 Å². The highest BCUT2D eigenvalue weighted by molar-refractivity contribution is 6.34. The van der Waals surface area contributed by atoms with Crippen LogP contribution in [0.15, 0.2) is 63.9 Å². The Bertz CT molecular complexity index is 1410. The summed E-state index contributed by atoms with van der Waals surface area (Å²) in [5.74, 6) is -1.35. The predicted molar refractivity (Wildman–Crippen MR) is 113 cm³/mol. The first-order valence-electron chi connectivity index (χ1n) is 9.33. The summed E-state index contributed by atoms with van der Waals surface area (Å²) in [4.78, 5) is 41.1. The average Bonchev–Trinajstić information content (AvgIpc) is 3.14. The van der Waals surface area contributed by atoms with E-state index in [0.29, 0.717) is 11.4 Å². The van der Waals surface area contributed by atoms with Crippen LogP contribution in [0.5, 0.6) is 0 Å². The van der Waals surface area contributed by atoms with E-state index in [9.17, 15) is 18.8 Å². The van der Waals surface area contributed by atoms with Gasteiger partial charge in [-0.3, -0.25) is 9.59 Å². The number of halogens is 2. The van der Waals surface area contributed by atoms with Gasteiger partial charge >= 0.3 is 5.97 Å². The van der Waals surface area contributed by atoms with Crippen molar-refractivity contribution in [2.75, 3.05) is 5.32 Å². The fourth-order valence-corrected chi connectivity index (χ4v) is 3.11. The first kappa shape index (κ1) is 21.3. The number of esters is 1. The Kier molecular flexibility index (Phi) is 5.74. The quantitative estimate of drug-likeness (QED) is 0.456. The topological polar surface area (TPSA) is 103 Å². The number of fused-ring (bicyclic) bond motifs is 1. The zero-order valence-corrected chi connectivity index (χ0v) is 17.4. The Hall–Kier alpha value is -3.98. The number of nitrogens with one attached hydrogen (secondary N) is 1. The van der Waals surface area contributed by atoms with Crippen LogP contribution in [0.2, 0.25) is 5.02 Å². The number of rotatable bonds is 5. The lowest BCUT2D eigenvalue weighted by Crippen LogP contribution is -2.15. The third-order valence-corrected chi connectivity index (χ3v) is 4.74. The minimum atomic E-state index is -0.715. The minimum Gasteiger partial charge on any atom is -0.456 e. The summed E-state index contributed by atoms with van der Waals surface area (Å²) in [7, 11) is 0. The normalized spacial score (nSPS) is 10.8. The SMILES string of the molecule is Cc1cc2nc(COC(=O)c3ccc(Cl)c(NC(=O)c4cccc(F)c4)c3)cc(=O)n2o1. The van der Waals surface area contributed by atoms with E-state index in [4.69, 9.17) is 20.9 Å². The number of aromatic nitrogens is 2. The predicted octanol–water partition coefficient (Wildman–Crippen LogP) is 4.00. The maximum absolute atomic E-state index is 13.4. The molecule has 1 N–H and O–H groups in total. The molecule has 2 heterocycles. The molecular weight excluding hydrogens is 441 g/mol. The van der Waals surface area contributed by atoms with Crippen molar-refractivity contribution in [3.05, 3.63) is 98.4 Å². The van der Waals surface area contributed by atoms with E-state index in [0.717, 1.165) is 10.6 Å². The molecule has 0 bridgehead atoms. The summed E-state index contributed by atoms with van der Waals surface area (Å²) in [5, 5.41) is 2.72. The molecule has 162 valence electrons. The molecule has 10 heteroatoms. The number of hydrogen-bond acceptors (Lipinski definition) is 6. The molecule has 32 heavy (non-hydrogen) atoms. The number of benzene rings is 2. The molecule has 1 amide bonds. The smallest absolute Gasteiger partial charge is 0.338 e. The number of anilines is 1. The molecule has 2 aromatic carbocycles. The second kappa shape index (κ2) is 8.64. The molecule has 8 nitrogen and oxygen atoms in total. The Morgan fingerprint density at radius 3 is 2.75 bits per heavy atom. The van der Waals surface area contributed by atoms with Gasteiger partial charge in [-0.1, -0.05) is 17.7 Å². The van der Waals surface area contributed by atoms with Crippen LogP contribution < -0.4 is 10.9 Å². The summed E-state index contributed by atoms with van der Waals surface area (Å²) >= 11 is 6.11. The van der Waals surface area contributed by atoms with Crippen molar-refractivity contribution in [2.24, 2.45) is 0 Å². The average molecular weight is 456 g/mol. The molecule has 0 spiro atoms. The Morgan fingerprint density at radius 2 is 1.97 bits per heavy atom. The Morgan fingerprint density at radius 1 is 1.16 bits per heavy atom. The van der Waals surface area contributed by atoms with E-state index in [1.165, 1.54) is 42.5 Å². The van der Waals surface area contributed by atoms with Crippen molar-refractivity contribution in [1.82, 2.24) is 9.56 Å². The zero-order chi connectivity index (χ0) is 22.8. The molecule has 0 saturated heterocycles. The van der Waals surface area contributed by atoms with Crippen LogP contribution in [0, 0.1) is 12.7 Å². The third-order valence-electron chi connectivity index (χ3n) is 4.41. The van der Waals surface area contributed by atoms with Gasteiger partial charge in [-0.05, 0) is 43.3 Å². The number of carbonyl (C=O) groups excluding carboxylic acids is 2. The van der Waals surface area contributed by atoms with Crippen LogP contribution in [0.3, 0.4) is 0 Å². The molecular formula is C22H15ClFN3O5. The van der Waals surface area contributed by atoms with Gasteiger partial charge in [0.15, 0.2) is 5.65 Å². The van der Waals surface area contributed by atoms with Gasteiger partial charge in [-0.25, -0.2) is 14.2 Å². The first-order chi connectivity index (χ1) is 15.3. The van der Waals surface area contributed by atoms with Crippen molar-refractivity contribution in [3.8, 4) is 0 Å². The van der Waals surface area contributed by atoms with Crippen LogP contribution in [0.1, 0.15) is 32.2 Å². The highest BCUT2D eigenvalue weighted by Crippen LogP contribution is 2.24. The number of aryl methyl sites for hydroxylation is 1. The van der Waals surface area contributed by atoms with Crippen molar-refractivity contribution in [2.45, 2.75) is 13.5 Å². The van der Waals surface area contributed by atoms with Gasteiger partial charge < -0.3 is 14.6 Å². The molecule has 4 rings (SSSR count). The second-order valence-corrected chi connectivity index (χ2v) is 7.23. The molecule has 0 saturated carbocycles. The molecule has 2 aromatic heterocycles. The van der Waals surface area contributed by atoms with Crippen LogP contribution in [-0.4, -0.2) is 21.4 Å². The molecule has 0 aliphatic heterocycles. The van der Waals surface area contributed by atoms with Crippen molar-refractivity contribution < 1.29 is 23.2 Å². The van der Waals surface area contributed by atoms with Crippen LogP contribution >= 0.6 is 11.6 Å². The summed E-state index contributed by atoms with van der Waals surface area (Å²) < 4.78 is 24.8. The van der Waals surface area contributed by atoms with E-state index in [1.807, 2.05) is 0 Å². The summed E-state index contributed by atoms with van der Waals surface area (Å²) in [6, 6.07) is 12.1. The van der Waals surface area contributed by atoms with Gasteiger partial charge in [0.2, 0.25) is 0 Å². The highest BCUT2D eigenvalue weighted by Gasteiger charge is 2.15. The molecule has 0 aliphatic rings. The standard InChI is InChI=1S/C22H15ClFN3O5/c1-12-7-19-25-16(10-20(28)27(19)32-12)11-31-22(30)14-5-6-17(23)18(9-14)26-21(29)13-3-2-4-15(24)8-13/h2-10H,11H2,1H3,(H,26,29). The monoisotopic (exact) mass is 455 g/mol. The zero-order valence-electron chi connectivity index (χ0n) is 16.6. The molecule has 0 aliphatic carbocycles. The molecule has 4 aromatic rings. The fraction of sp³-hybridized carbons (Fsp3) is 0.0909. The largest absolute Gasteiger partial charge is 0.456 e. The van der Waals surface area contributed by atoms with E-state index < -0.39 is 23.3 Å². The lowest BCUT2D eigenvalue weighted by Gasteiger charge is -2.10.